The molecule has 1 aromatic rings. The van der Waals surface area contributed by atoms with Crippen molar-refractivity contribution in [2.24, 2.45) is 0 Å². The minimum absolute atomic E-state index is 0.752. The molecule has 2 heteroatoms. The van der Waals surface area contributed by atoms with Crippen LogP contribution in [0.3, 0.4) is 0 Å². The van der Waals surface area contributed by atoms with Crippen LogP contribution in [-0.2, 0) is 0 Å². The predicted molar refractivity (Wildman–Crippen MR) is 60.0 cm³/mol. The molecule has 0 saturated carbocycles. The molecule has 0 aliphatic heterocycles. The lowest BCUT2D eigenvalue weighted by Gasteiger charge is -2.07. The molecule has 0 saturated heterocycles. The first-order valence-corrected chi connectivity index (χ1v) is 5.12. The van der Waals surface area contributed by atoms with Crippen molar-refractivity contribution >= 4 is 22.0 Å². The number of hydrogen-bond acceptors (Lipinski definition) is 1. The summed E-state index contributed by atoms with van der Waals surface area (Å²) in [4.78, 5) is 0. The first-order valence-electron chi connectivity index (χ1n) is 4.32. The summed E-state index contributed by atoms with van der Waals surface area (Å²) >= 11 is 3.40. The van der Waals surface area contributed by atoms with Crippen molar-refractivity contribution in [2.75, 3.05) is 6.61 Å². The van der Waals surface area contributed by atoms with E-state index in [1.165, 1.54) is 0 Å². The molecule has 0 atom stereocenters. The average molecular weight is 241 g/mol. The Morgan fingerprint density at radius 1 is 1.54 bits per heavy atom. The van der Waals surface area contributed by atoms with E-state index in [9.17, 15) is 0 Å². The zero-order valence-electron chi connectivity index (χ0n) is 7.72. The molecule has 0 aliphatic carbocycles. The Balaban J connectivity index is 2.86. The maximum atomic E-state index is 5.54. The first-order chi connectivity index (χ1) is 6.27. The van der Waals surface area contributed by atoms with Crippen molar-refractivity contribution in [3.8, 4) is 5.75 Å². The molecule has 0 aromatic heterocycles. The van der Waals surface area contributed by atoms with E-state index < -0.39 is 0 Å². The Morgan fingerprint density at radius 3 is 2.92 bits per heavy atom. The fourth-order valence-electron chi connectivity index (χ4n) is 1.02. The van der Waals surface area contributed by atoms with Gasteiger partial charge in [-0.3, -0.25) is 0 Å². The first kappa shape index (κ1) is 10.3. The highest BCUT2D eigenvalue weighted by Crippen LogP contribution is 2.24. The molecule has 0 heterocycles. The van der Waals surface area contributed by atoms with Crippen LogP contribution in [-0.4, -0.2) is 6.61 Å². The lowest BCUT2D eigenvalue weighted by molar-refractivity contribution is 0.317. The van der Waals surface area contributed by atoms with Crippen molar-refractivity contribution in [3.63, 3.8) is 0 Å². The van der Waals surface area contributed by atoms with Gasteiger partial charge in [0.15, 0.2) is 0 Å². The van der Waals surface area contributed by atoms with Gasteiger partial charge in [0, 0.05) is 10.0 Å². The summed E-state index contributed by atoms with van der Waals surface area (Å²) in [5.74, 6) is 0.903. The second-order valence-corrected chi connectivity index (χ2v) is 3.65. The van der Waals surface area contributed by atoms with Gasteiger partial charge in [0.1, 0.15) is 5.75 Å². The van der Waals surface area contributed by atoms with Gasteiger partial charge in [0.25, 0.3) is 0 Å². The standard InChI is InChI=1S/C11H13BrO/c1-3-7-13-11-6-5-10(12)8-9(11)4-2/h4-6,8H,2-3,7H2,1H3. The smallest absolute Gasteiger partial charge is 0.126 e. The van der Waals surface area contributed by atoms with Crippen LogP contribution < -0.4 is 4.74 Å². The third-order valence-corrected chi connectivity index (χ3v) is 2.15. The zero-order chi connectivity index (χ0) is 9.68. The fraction of sp³-hybridized carbons (Fsp3) is 0.273. The fourth-order valence-corrected chi connectivity index (χ4v) is 1.40. The van der Waals surface area contributed by atoms with Crippen LogP contribution in [0.15, 0.2) is 29.3 Å². The second kappa shape index (κ2) is 5.07. The molecule has 1 aromatic carbocycles. The number of halogens is 1. The van der Waals surface area contributed by atoms with E-state index in [1.54, 1.807) is 6.08 Å². The Bertz CT molecular complexity index is 294. The SMILES string of the molecule is C=Cc1cc(Br)ccc1OCCC. The molecule has 0 amide bonds. The highest BCUT2D eigenvalue weighted by molar-refractivity contribution is 9.10. The molecular formula is C11H13BrO. The lowest BCUT2D eigenvalue weighted by atomic mass is 10.2. The lowest BCUT2D eigenvalue weighted by Crippen LogP contribution is -1.96. The number of rotatable bonds is 4. The van der Waals surface area contributed by atoms with Crippen molar-refractivity contribution < 1.29 is 4.74 Å². The molecule has 0 N–H and O–H groups in total. The van der Waals surface area contributed by atoms with E-state index in [2.05, 4.69) is 29.4 Å². The highest BCUT2D eigenvalue weighted by Gasteiger charge is 1.99. The Morgan fingerprint density at radius 2 is 2.31 bits per heavy atom. The molecule has 1 nitrogen and oxygen atoms in total. The van der Waals surface area contributed by atoms with Gasteiger partial charge in [0.2, 0.25) is 0 Å². The summed E-state index contributed by atoms with van der Waals surface area (Å²) in [5.41, 5.74) is 1.03. The minimum atomic E-state index is 0.752. The van der Waals surface area contributed by atoms with Crippen LogP contribution >= 0.6 is 15.9 Å². The van der Waals surface area contributed by atoms with Crippen LogP contribution in [0, 0.1) is 0 Å². The van der Waals surface area contributed by atoms with Gasteiger partial charge >= 0.3 is 0 Å². The van der Waals surface area contributed by atoms with Crippen LogP contribution in [0.1, 0.15) is 18.9 Å². The Kier molecular flexibility index (Phi) is 4.03. The number of hydrogen-bond donors (Lipinski definition) is 0. The summed E-state index contributed by atoms with van der Waals surface area (Å²) in [7, 11) is 0. The quantitative estimate of drug-likeness (QED) is 0.777. The topological polar surface area (TPSA) is 9.23 Å². The van der Waals surface area contributed by atoms with Crippen LogP contribution in [0.4, 0.5) is 0 Å². The summed E-state index contributed by atoms with van der Waals surface area (Å²) in [6.45, 7) is 6.58. The molecule has 0 radical (unpaired) electrons. The van der Waals surface area contributed by atoms with Crippen LogP contribution in [0.5, 0.6) is 5.75 Å². The number of ether oxygens (including phenoxy) is 1. The van der Waals surface area contributed by atoms with Crippen molar-refractivity contribution in [2.45, 2.75) is 13.3 Å². The van der Waals surface area contributed by atoms with Gasteiger partial charge in [-0.15, -0.1) is 0 Å². The maximum absolute atomic E-state index is 5.54. The van der Waals surface area contributed by atoms with E-state index in [4.69, 9.17) is 4.74 Å². The third kappa shape index (κ3) is 2.88. The summed E-state index contributed by atoms with van der Waals surface area (Å²) in [6.07, 6.45) is 2.82. The minimum Gasteiger partial charge on any atom is -0.493 e. The average Bonchev–Trinajstić information content (AvgIpc) is 2.16. The van der Waals surface area contributed by atoms with E-state index in [0.717, 1.165) is 28.8 Å². The van der Waals surface area contributed by atoms with Crippen LogP contribution in [0.25, 0.3) is 6.08 Å². The van der Waals surface area contributed by atoms with Crippen LogP contribution in [0.2, 0.25) is 0 Å². The summed E-state index contributed by atoms with van der Waals surface area (Å²) in [6, 6.07) is 5.92. The summed E-state index contributed by atoms with van der Waals surface area (Å²) in [5, 5.41) is 0. The molecule has 1 rings (SSSR count). The van der Waals surface area contributed by atoms with Crippen molar-refractivity contribution in [3.05, 3.63) is 34.8 Å². The molecule has 70 valence electrons. The van der Waals surface area contributed by atoms with E-state index in [1.807, 2.05) is 18.2 Å². The molecule has 0 aliphatic rings. The third-order valence-electron chi connectivity index (χ3n) is 1.65. The largest absolute Gasteiger partial charge is 0.493 e. The molecule has 0 spiro atoms. The van der Waals surface area contributed by atoms with E-state index in [0.29, 0.717) is 0 Å². The monoisotopic (exact) mass is 240 g/mol. The Hall–Kier alpha value is -0.760. The van der Waals surface area contributed by atoms with Gasteiger partial charge in [-0.2, -0.15) is 0 Å². The summed E-state index contributed by atoms with van der Waals surface area (Å²) < 4.78 is 6.59. The van der Waals surface area contributed by atoms with Gasteiger partial charge in [-0.25, -0.2) is 0 Å². The molecular weight excluding hydrogens is 228 g/mol. The zero-order valence-corrected chi connectivity index (χ0v) is 9.30. The molecule has 0 unspecified atom stereocenters. The predicted octanol–water partition coefficient (Wildman–Crippen LogP) is 3.88. The van der Waals surface area contributed by atoms with Gasteiger partial charge in [-0.1, -0.05) is 35.5 Å². The van der Waals surface area contributed by atoms with Gasteiger partial charge < -0.3 is 4.74 Å². The van der Waals surface area contributed by atoms with E-state index in [-0.39, 0.29) is 0 Å². The molecule has 0 bridgehead atoms. The maximum Gasteiger partial charge on any atom is 0.126 e. The van der Waals surface area contributed by atoms with Gasteiger partial charge in [0.05, 0.1) is 6.61 Å². The van der Waals surface area contributed by atoms with E-state index >= 15 is 0 Å². The molecule has 13 heavy (non-hydrogen) atoms. The molecule has 0 fully saturated rings. The van der Waals surface area contributed by atoms with Crippen molar-refractivity contribution in [1.82, 2.24) is 0 Å². The second-order valence-electron chi connectivity index (χ2n) is 2.73. The highest BCUT2D eigenvalue weighted by atomic mass is 79.9. The van der Waals surface area contributed by atoms with Crippen molar-refractivity contribution in [1.29, 1.82) is 0 Å². The Labute approximate surface area is 87.5 Å². The number of benzene rings is 1. The van der Waals surface area contributed by atoms with Gasteiger partial charge in [-0.05, 0) is 24.6 Å². The normalized spacial score (nSPS) is 9.69.